The van der Waals surface area contributed by atoms with Crippen molar-refractivity contribution in [3.05, 3.63) is 57.2 Å². The van der Waals surface area contributed by atoms with E-state index >= 15 is 0 Å². The monoisotopic (exact) mass is 433 g/mol. The third-order valence-electron chi connectivity index (χ3n) is 4.53. The fourth-order valence-electron chi connectivity index (χ4n) is 3.11. The number of rotatable bonds is 5. The lowest BCUT2D eigenvalue weighted by molar-refractivity contribution is -0.148. The molecule has 0 fully saturated rings. The molecule has 0 saturated heterocycles. The Bertz CT molecular complexity index is 1010. The average molecular weight is 433 g/mol. The van der Waals surface area contributed by atoms with Crippen LogP contribution in [0.5, 0.6) is 0 Å². The van der Waals surface area contributed by atoms with Crippen LogP contribution in [0.1, 0.15) is 23.6 Å². The lowest BCUT2D eigenvalue weighted by Crippen LogP contribution is -2.40. The highest BCUT2D eigenvalue weighted by Gasteiger charge is 2.40. The van der Waals surface area contributed by atoms with Crippen LogP contribution >= 0.6 is 0 Å². The van der Waals surface area contributed by atoms with E-state index in [-0.39, 0.29) is 37.4 Å². The normalized spacial score (nSPS) is 14.8. The lowest BCUT2D eigenvalue weighted by Gasteiger charge is -2.29. The maximum absolute atomic E-state index is 13.8. The molecule has 0 saturated carbocycles. The molecule has 0 N–H and O–H groups in total. The Morgan fingerprint density at radius 2 is 1.87 bits per heavy atom. The highest BCUT2D eigenvalue weighted by Crippen LogP contribution is 2.29. The van der Waals surface area contributed by atoms with Gasteiger partial charge in [-0.25, -0.2) is 13.2 Å². The van der Waals surface area contributed by atoms with Crippen LogP contribution in [0.2, 0.25) is 0 Å². The van der Waals surface area contributed by atoms with E-state index in [4.69, 9.17) is 5.53 Å². The molecule has 1 amide bonds. The largest absolute Gasteiger partial charge is 0.451 e. The van der Waals surface area contributed by atoms with Gasteiger partial charge >= 0.3 is 6.18 Å². The van der Waals surface area contributed by atoms with E-state index < -0.39 is 47.8 Å². The van der Waals surface area contributed by atoms with Crippen LogP contribution in [0, 0.1) is 17.5 Å². The van der Waals surface area contributed by atoms with Gasteiger partial charge in [0.1, 0.15) is 5.82 Å². The SMILES string of the molecule is [N-]=[N+]=N[C@H](CC(=O)N1CCn2c(nnc2C(F)(F)F)C1)Cc1cc(F)c(F)cc1F. The maximum Gasteiger partial charge on any atom is 0.451 e. The molecule has 0 unspecified atom stereocenters. The topological polar surface area (TPSA) is 99.8 Å². The molecule has 1 aliphatic rings. The Balaban J connectivity index is 1.71. The number of hydrogen-bond acceptors (Lipinski definition) is 4. The van der Waals surface area contributed by atoms with Crippen molar-refractivity contribution in [2.75, 3.05) is 6.54 Å². The van der Waals surface area contributed by atoms with Crippen LogP contribution in [0.15, 0.2) is 17.2 Å². The van der Waals surface area contributed by atoms with E-state index in [2.05, 4.69) is 20.2 Å². The van der Waals surface area contributed by atoms with Crippen LogP contribution in [-0.2, 0) is 30.5 Å². The summed E-state index contributed by atoms with van der Waals surface area (Å²) in [5, 5.41) is 9.97. The van der Waals surface area contributed by atoms with Gasteiger partial charge in [0, 0.05) is 30.5 Å². The van der Waals surface area contributed by atoms with E-state index in [1.165, 1.54) is 4.90 Å². The zero-order valence-corrected chi connectivity index (χ0v) is 15.1. The molecule has 160 valence electrons. The molecule has 0 spiro atoms. The van der Waals surface area contributed by atoms with Gasteiger partial charge in [-0.3, -0.25) is 4.79 Å². The van der Waals surface area contributed by atoms with Crippen molar-refractivity contribution in [3.63, 3.8) is 0 Å². The number of halogens is 6. The maximum atomic E-state index is 13.8. The first kappa shape index (κ1) is 21.4. The Hall–Kier alpha value is -3.28. The third kappa shape index (κ3) is 4.48. The van der Waals surface area contributed by atoms with Crippen molar-refractivity contribution in [1.29, 1.82) is 0 Å². The molecule has 0 bridgehead atoms. The second-order valence-electron chi connectivity index (χ2n) is 6.53. The van der Waals surface area contributed by atoms with Gasteiger partial charge in [-0.1, -0.05) is 5.11 Å². The minimum absolute atomic E-state index is 0.0612. The molecular weight excluding hydrogens is 420 g/mol. The molecule has 1 aromatic heterocycles. The van der Waals surface area contributed by atoms with Crippen LogP contribution in [0.3, 0.4) is 0 Å². The first-order chi connectivity index (χ1) is 14.1. The molecule has 3 rings (SSSR count). The molecule has 2 aromatic rings. The average Bonchev–Trinajstić information content (AvgIpc) is 3.09. The van der Waals surface area contributed by atoms with Gasteiger partial charge in [-0.05, 0) is 23.6 Å². The van der Waals surface area contributed by atoms with Crippen molar-refractivity contribution < 1.29 is 31.1 Å². The molecule has 0 aliphatic carbocycles. The van der Waals surface area contributed by atoms with Gasteiger partial charge in [0.05, 0.1) is 12.6 Å². The van der Waals surface area contributed by atoms with Gasteiger partial charge in [-0.2, -0.15) is 13.2 Å². The van der Waals surface area contributed by atoms with Crippen LogP contribution in [-0.4, -0.2) is 38.2 Å². The van der Waals surface area contributed by atoms with Gasteiger partial charge < -0.3 is 9.47 Å². The number of nitrogens with zero attached hydrogens (tertiary/aromatic N) is 7. The Morgan fingerprint density at radius 3 is 2.53 bits per heavy atom. The molecule has 1 aliphatic heterocycles. The molecule has 2 heterocycles. The number of fused-ring (bicyclic) bond motifs is 1. The predicted octanol–water partition coefficient (Wildman–Crippen LogP) is 3.37. The molecule has 8 nitrogen and oxygen atoms in total. The summed E-state index contributed by atoms with van der Waals surface area (Å²) in [6.45, 7) is -0.507. The van der Waals surface area contributed by atoms with E-state index in [0.29, 0.717) is 12.1 Å². The Morgan fingerprint density at radius 1 is 1.17 bits per heavy atom. The molecule has 1 atom stereocenters. The first-order valence-corrected chi connectivity index (χ1v) is 8.54. The summed E-state index contributed by atoms with van der Waals surface area (Å²) in [5.74, 6) is -5.56. The predicted molar refractivity (Wildman–Crippen MR) is 88.0 cm³/mol. The van der Waals surface area contributed by atoms with Gasteiger partial charge in [0.25, 0.3) is 0 Å². The number of azide groups is 1. The zero-order chi connectivity index (χ0) is 22.1. The van der Waals surface area contributed by atoms with Crippen LogP contribution < -0.4 is 0 Å². The van der Waals surface area contributed by atoms with E-state index in [9.17, 15) is 31.1 Å². The molecule has 30 heavy (non-hydrogen) atoms. The Kier molecular flexibility index (Phi) is 5.87. The third-order valence-corrected chi connectivity index (χ3v) is 4.53. The number of hydrogen-bond donors (Lipinski definition) is 0. The summed E-state index contributed by atoms with van der Waals surface area (Å²) in [4.78, 5) is 16.3. The van der Waals surface area contributed by atoms with E-state index in [1.54, 1.807) is 0 Å². The van der Waals surface area contributed by atoms with Crippen molar-refractivity contribution in [1.82, 2.24) is 19.7 Å². The number of aromatic nitrogens is 3. The fraction of sp³-hybridized carbons (Fsp3) is 0.438. The number of carbonyl (C=O) groups excluding carboxylic acids is 1. The van der Waals surface area contributed by atoms with Gasteiger partial charge in [0.2, 0.25) is 11.7 Å². The van der Waals surface area contributed by atoms with E-state index in [1.807, 2.05) is 0 Å². The second kappa shape index (κ2) is 8.22. The Labute approximate surface area is 164 Å². The summed E-state index contributed by atoms with van der Waals surface area (Å²) in [7, 11) is 0. The minimum Gasteiger partial charge on any atom is -0.333 e. The van der Waals surface area contributed by atoms with Crippen molar-refractivity contribution in [3.8, 4) is 0 Å². The molecule has 1 aromatic carbocycles. The summed E-state index contributed by atoms with van der Waals surface area (Å²) >= 11 is 0. The molecule has 14 heteroatoms. The highest BCUT2D eigenvalue weighted by molar-refractivity contribution is 5.77. The fourth-order valence-corrected chi connectivity index (χ4v) is 3.11. The van der Waals surface area contributed by atoms with Crippen LogP contribution in [0.25, 0.3) is 10.4 Å². The zero-order valence-electron chi connectivity index (χ0n) is 15.1. The number of benzene rings is 1. The van der Waals surface area contributed by atoms with Gasteiger partial charge in [0.15, 0.2) is 17.5 Å². The smallest absolute Gasteiger partial charge is 0.333 e. The standard InChI is InChI=1S/C16H13F6N7O/c17-10-6-12(19)11(18)4-8(10)3-9(24-27-23)5-14(30)28-1-2-29-13(7-28)25-26-15(29)16(20,21)22/h4,6,9H,1-3,5,7H2/t9-/m0/s1. The summed E-state index contributed by atoms with van der Waals surface area (Å²) in [6.07, 6.45) is -5.47. The molecule has 0 radical (unpaired) electrons. The molecular formula is C16H13F6N7O. The number of carbonyl (C=O) groups is 1. The lowest BCUT2D eigenvalue weighted by atomic mass is 10.0. The second-order valence-corrected chi connectivity index (χ2v) is 6.53. The summed E-state index contributed by atoms with van der Waals surface area (Å²) < 4.78 is 79.8. The summed E-state index contributed by atoms with van der Waals surface area (Å²) in [5.41, 5.74) is 8.41. The van der Waals surface area contributed by atoms with Crippen molar-refractivity contribution >= 4 is 5.91 Å². The van der Waals surface area contributed by atoms with Gasteiger partial charge in [-0.15, -0.1) is 10.2 Å². The van der Waals surface area contributed by atoms with Crippen molar-refractivity contribution in [2.24, 2.45) is 5.11 Å². The minimum atomic E-state index is -4.68. The van der Waals surface area contributed by atoms with Crippen LogP contribution in [0.4, 0.5) is 26.3 Å². The highest BCUT2D eigenvalue weighted by atomic mass is 19.4. The van der Waals surface area contributed by atoms with Crippen molar-refractivity contribution in [2.45, 2.75) is 38.1 Å². The quantitative estimate of drug-likeness (QED) is 0.238. The van der Waals surface area contributed by atoms with E-state index in [0.717, 1.165) is 4.57 Å². The summed E-state index contributed by atoms with van der Waals surface area (Å²) in [6, 6.07) is -0.167. The number of amides is 1. The number of alkyl halides is 3. The first-order valence-electron chi connectivity index (χ1n) is 8.54.